The fraction of sp³-hybridized carbons (Fsp3) is 0.316. The van der Waals surface area contributed by atoms with Gasteiger partial charge in [-0.3, -0.25) is 4.79 Å². The van der Waals surface area contributed by atoms with Crippen molar-refractivity contribution < 1.29 is 35.9 Å². The number of hydrogen-bond donors (Lipinski definition) is 2. The van der Waals surface area contributed by atoms with Crippen LogP contribution in [-0.2, 0) is 10.0 Å². The van der Waals surface area contributed by atoms with Gasteiger partial charge in [0.05, 0.1) is 6.10 Å². The molecule has 2 aromatic carbocycles. The molecule has 2 unspecified atom stereocenters. The summed E-state index contributed by atoms with van der Waals surface area (Å²) in [5.41, 5.74) is -0.347. The van der Waals surface area contributed by atoms with Crippen LogP contribution in [0.3, 0.4) is 0 Å². The summed E-state index contributed by atoms with van der Waals surface area (Å²) < 4.78 is 80.9. The zero-order valence-electron chi connectivity index (χ0n) is 15.5. The molecular weight excluding hydrogens is 428 g/mol. The van der Waals surface area contributed by atoms with Gasteiger partial charge in [0.15, 0.2) is 11.6 Å². The van der Waals surface area contributed by atoms with Gasteiger partial charge in [-0.25, -0.2) is 26.0 Å². The first-order valence-electron chi connectivity index (χ1n) is 8.96. The van der Waals surface area contributed by atoms with Gasteiger partial charge >= 0.3 is 0 Å². The standard InChI is InChI=1S/C19H18F4N2O4S/c20-12-8-14(26)5-6-25(10-12)30(28,29)18-7-11(1-3-16(18)22)19(27)24-13-2-4-15(21)17(23)9-13/h1-4,7,9,12,14,26H,5-6,8,10H2,(H,24,27). The van der Waals surface area contributed by atoms with Crippen molar-refractivity contribution in [2.75, 3.05) is 18.4 Å². The number of sulfonamides is 1. The molecule has 0 saturated carbocycles. The van der Waals surface area contributed by atoms with Gasteiger partial charge in [0, 0.05) is 36.8 Å². The third-order valence-electron chi connectivity index (χ3n) is 4.63. The van der Waals surface area contributed by atoms with Gasteiger partial charge in [0.1, 0.15) is 16.9 Å². The molecule has 1 aliphatic rings. The molecule has 11 heteroatoms. The number of carbonyl (C=O) groups is 1. The van der Waals surface area contributed by atoms with Gasteiger partial charge in [-0.1, -0.05) is 0 Å². The molecule has 1 amide bonds. The Morgan fingerprint density at radius 2 is 1.77 bits per heavy atom. The summed E-state index contributed by atoms with van der Waals surface area (Å²) >= 11 is 0. The van der Waals surface area contributed by atoms with Crippen molar-refractivity contribution in [3.8, 4) is 0 Å². The third kappa shape index (κ3) is 4.79. The van der Waals surface area contributed by atoms with Gasteiger partial charge in [-0.2, -0.15) is 4.31 Å². The van der Waals surface area contributed by atoms with Crippen LogP contribution in [0.15, 0.2) is 41.3 Å². The van der Waals surface area contributed by atoms with Crippen LogP contribution < -0.4 is 5.32 Å². The van der Waals surface area contributed by atoms with Gasteiger partial charge in [-0.05, 0) is 36.8 Å². The number of halogens is 4. The van der Waals surface area contributed by atoms with Gasteiger partial charge in [0.2, 0.25) is 10.0 Å². The Morgan fingerprint density at radius 3 is 2.47 bits per heavy atom. The molecule has 2 atom stereocenters. The second kappa shape index (κ2) is 8.70. The van der Waals surface area contributed by atoms with Crippen LogP contribution >= 0.6 is 0 Å². The highest BCUT2D eigenvalue weighted by atomic mass is 32.2. The lowest BCUT2D eigenvalue weighted by molar-refractivity contribution is 0.102. The minimum Gasteiger partial charge on any atom is -0.393 e. The van der Waals surface area contributed by atoms with Gasteiger partial charge < -0.3 is 10.4 Å². The first kappa shape index (κ1) is 22.2. The Hall–Kier alpha value is -2.50. The number of benzene rings is 2. The minimum absolute atomic E-state index is 0.0163. The molecular formula is C19H18F4N2O4S. The van der Waals surface area contributed by atoms with Crippen LogP contribution in [0.4, 0.5) is 23.2 Å². The number of aliphatic hydroxyl groups excluding tert-OH is 1. The predicted molar refractivity (Wildman–Crippen MR) is 99.6 cm³/mol. The van der Waals surface area contributed by atoms with Crippen molar-refractivity contribution in [2.45, 2.75) is 30.0 Å². The Morgan fingerprint density at radius 1 is 1.07 bits per heavy atom. The van der Waals surface area contributed by atoms with E-state index in [1.54, 1.807) is 0 Å². The van der Waals surface area contributed by atoms with Gasteiger partial charge in [0.25, 0.3) is 5.91 Å². The summed E-state index contributed by atoms with van der Waals surface area (Å²) in [4.78, 5) is 11.5. The average Bonchev–Trinajstić information content (AvgIpc) is 2.85. The van der Waals surface area contributed by atoms with Crippen molar-refractivity contribution >= 4 is 21.6 Å². The molecule has 0 aromatic heterocycles. The largest absolute Gasteiger partial charge is 0.393 e. The first-order chi connectivity index (χ1) is 14.1. The number of nitrogens with zero attached hydrogens (tertiary/aromatic N) is 1. The summed E-state index contributed by atoms with van der Waals surface area (Å²) in [6.07, 6.45) is -2.89. The van der Waals surface area contributed by atoms with Crippen LogP contribution in [0.1, 0.15) is 23.2 Å². The monoisotopic (exact) mass is 446 g/mol. The Labute approximate surface area is 170 Å². The Kier molecular flexibility index (Phi) is 6.44. The van der Waals surface area contributed by atoms with Crippen LogP contribution in [0, 0.1) is 17.5 Å². The molecule has 3 rings (SSSR count). The summed E-state index contributed by atoms with van der Waals surface area (Å²) in [7, 11) is -4.50. The maximum atomic E-state index is 14.3. The van der Waals surface area contributed by atoms with E-state index in [0.717, 1.165) is 40.7 Å². The number of nitrogens with one attached hydrogen (secondary N) is 1. The number of rotatable bonds is 4. The molecule has 0 spiro atoms. The third-order valence-corrected chi connectivity index (χ3v) is 6.51. The normalized spacial score (nSPS) is 20.6. The molecule has 1 saturated heterocycles. The predicted octanol–water partition coefficient (Wildman–Crippen LogP) is 2.84. The first-order valence-corrected chi connectivity index (χ1v) is 10.4. The van der Waals surface area contributed by atoms with Crippen molar-refractivity contribution in [1.29, 1.82) is 0 Å². The van der Waals surface area contributed by atoms with E-state index in [1.165, 1.54) is 0 Å². The molecule has 0 bridgehead atoms. The topological polar surface area (TPSA) is 86.7 Å². The van der Waals surface area contributed by atoms with E-state index < -0.39 is 57.1 Å². The molecule has 0 radical (unpaired) electrons. The number of hydrogen-bond acceptors (Lipinski definition) is 4. The number of alkyl halides is 1. The minimum atomic E-state index is -4.50. The lowest BCUT2D eigenvalue weighted by atomic mass is 10.1. The summed E-state index contributed by atoms with van der Waals surface area (Å²) in [6, 6.07) is 5.21. The maximum Gasteiger partial charge on any atom is 0.255 e. The fourth-order valence-corrected chi connectivity index (χ4v) is 4.64. The number of aliphatic hydroxyl groups is 1. The summed E-state index contributed by atoms with van der Waals surface area (Å²) in [5, 5.41) is 11.9. The highest BCUT2D eigenvalue weighted by molar-refractivity contribution is 7.89. The zero-order valence-corrected chi connectivity index (χ0v) is 16.3. The molecule has 1 heterocycles. The number of anilines is 1. The van der Waals surface area contributed by atoms with Crippen LogP contribution in [0.25, 0.3) is 0 Å². The van der Waals surface area contributed by atoms with E-state index in [-0.39, 0.29) is 30.6 Å². The van der Waals surface area contributed by atoms with E-state index in [1.807, 2.05) is 0 Å². The Bertz CT molecular complexity index is 1060. The van der Waals surface area contributed by atoms with Gasteiger partial charge in [-0.15, -0.1) is 0 Å². The zero-order chi connectivity index (χ0) is 22.1. The van der Waals surface area contributed by atoms with Crippen molar-refractivity contribution in [3.05, 3.63) is 59.4 Å². The smallest absolute Gasteiger partial charge is 0.255 e. The molecule has 1 fully saturated rings. The molecule has 2 aromatic rings. The highest BCUT2D eigenvalue weighted by Crippen LogP contribution is 2.25. The van der Waals surface area contributed by atoms with Crippen molar-refractivity contribution in [3.63, 3.8) is 0 Å². The Balaban J connectivity index is 1.88. The lowest BCUT2D eigenvalue weighted by Gasteiger charge is -2.21. The molecule has 6 nitrogen and oxygen atoms in total. The fourth-order valence-electron chi connectivity index (χ4n) is 3.07. The van der Waals surface area contributed by atoms with Crippen LogP contribution in [0.5, 0.6) is 0 Å². The second-order valence-electron chi connectivity index (χ2n) is 6.87. The van der Waals surface area contributed by atoms with Crippen LogP contribution in [0.2, 0.25) is 0 Å². The average molecular weight is 446 g/mol. The number of carbonyl (C=O) groups excluding carboxylic acids is 1. The number of amides is 1. The van der Waals surface area contributed by atoms with Crippen LogP contribution in [-0.4, -0.2) is 49.1 Å². The molecule has 1 aliphatic heterocycles. The van der Waals surface area contributed by atoms with Crippen molar-refractivity contribution in [2.24, 2.45) is 0 Å². The molecule has 30 heavy (non-hydrogen) atoms. The second-order valence-corrected chi connectivity index (χ2v) is 8.77. The molecule has 2 N–H and O–H groups in total. The van der Waals surface area contributed by atoms with E-state index >= 15 is 0 Å². The molecule has 0 aliphatic carbocycles. The van der Waals surface area contributed by atoms with E-state index in [2.05, 4.69) is 5.32 Å². The SMILES string of the molecule is O=C(Nc1ccc(F)c(F)c1)c1ccc(F)c(S(=O)(=O)N2CCC(O)CC(F)C2)c1. The molecule has 162 valence electrons. The van der Waals surface area contributed by atoms with Crippen molar-refractivity contribution in [1.82, 2.24) is 4.31 Å². The summed E-state index contributed by atoms with van der Waals surface area (Å²) in [6.45, 7) is -0.765. The summed E-state index contributed by atoms with van der Waals surface area (Å²) in [5.74, 6) is -4.33. The lowest BCUT2D eigenvalue weighted by Crippen LogP contribution is -2.35. The van der Waals surface area contributed by atoms with E-state index in [0.29, 0.717) is 0 Å². The van der Waals surface area contributed by atoms with E-state index in [4.69, 9.17) is 0 Å². The maximum absolute atomic E-state index is 14.3. The highest BCUT2D eigenvalue weighted by Gasteiger charge is 2.33. The quantitative estimate of drug-likeness (QED) is 0.708. The van der Waals surface area contributed by atoms with E-state index in [9.17, 15) is 35.9 Å².